The minimum absolute atomic E-state index is 0.0584. The smallest absolute Gasteiger partial charge is 0.354 e. The normalized spacial score (nSPS) is 17.7. The van der Waals surface area contributed by atoms with Crippen molar-refractivity contribution in [2.24, 2.45) is 5.92 Å². The average Bonchev–Trinajstić information content (AvgIpc) is 2.37. The van der Waals surface area contributed by atoms with Gasteiger partial charge in [-0.05, 0) is 36.3 Å². The predicted molar refractivity (Wildman–Crippen MR) is 65.6 cm³/mol. The van der Waals surface area contributed by atoms with Crippen LogP contribution in [0.3, 0.4) is 0 Å². The molecule has 0 spiro atoms. The second-order valence-corrected chi connectivity index (χ2v) is 5.42. The molecule has 2 heterocycles. The first kappa shape index (κ1) is 13.5. The summed E-state index contributed by atoms with van der Waals surface area (Å²) in [6, 6.07) is 0.877. The number of alkyl halides is 3. The molecule has 1 aromatic heterocycles. The Morgan fingerprint density at radius 3 is 2.72 bits per heavy atom. The average molecular weight is 277 g/mol. The van der Waals surface area contributed by atoms with E-state index in [0.29, 0.717) is 12.5 Å². The number of thioether (sulfide) groups is 1. The molecule has 0 radical (unpaired) electrons. The number of nitrogens with one attached hydrogen (secondary N) is 1. The fraction of sp³-hybridized carbons (Fsp3) is 0.636. The third-order valence-corrected chi connectivity index (χ3v) is 3.88. The third-order valence-electron chi connectivity index (χ3n) is 2.84. The quantitative estimate of drug-likeness (QED) is 0.921. The molecule has 0 atom stereocenters. The van der Waals surface area contributed by atoms with Crippen molar-refractivity contribution in [1.29, 1.82) is 0 Å². The van der Waals surface area contributed by atoms with E-state index in [9.17, 15) is 13.2 Å². The summed E-state index contributed by atoms with van der Waals surface area (Å²) in [6.07, 6.45) is -1.09. The maximum Gasteiger partial charge on any atom is 0.433 e. The summed E-state index contributed by atoms with van der Waals surface area (Å²) in [7, 11) is 0. The second kappa shape index (κ2) is 5.77. The Morgan fingerprint density at radius 2 is 2.06 bits per heavy atom. The molecular weight excluding hydrogens is 263 g/mol. The van der Waals surface area contributed by atoms with E-state index in [-0.39, 0.29) is 5.95 Å². The molecule has 3 nitrogen and oxygen atoms in total. The van der Waals surface area contributed by atoms with Gasteiger partial charge in [-0.2, -0.15) is 24.9 Å². The predicted octanol–water partition coefficient (Wildman–Crippen LogP) is 3.05. The topological polar surface area (TPSA) is 37.8 Å². The zero-order valence-corrected chi connectivity index (χ0v) is 10.5. The van der Waals surface area contributed by atoms with Gasteiger partial charge in [0, 0.05) is 12.7 Å². The zero-order valence-electron chi connectivity index (χ0n) is 9.70. The van der Waals surface area contributed by atoms with Crippen LogP contribution in [0.1, 0.15) is 18.5 Å². The molecule has 0 saturated carbocycles. The molecule has 1 aromatic rings. The second-order valence-electron chi connectivity index (χ2n) is 4.20. The van der Waals surface area contributed by atoms with E-state index in [1.54, 1.807) is 0 Å². The van der Waals surface area contributed by atoms with Gasteiger partial charge in [0.15, 0.2) is 0 Å². The van der Waals surface area contributed by atoms with Crippen LogP contribution in [-0.4, -0.2) is 28.0 Å². The van der Waals surface area contributed by atoms with Crippen molar-refractivity contribution in [3.8, 4) is 0 Å². The molecule has 1 fully saturated rings. The van der Waals surface area contributed by atoms with Crippen molar-refractivity contribution in [2.45, 2.75) is 19.0 Å². The SMILES string of the molecule is FC(F)(F)c1ccnc(NCC2CCSCC2)n1. The first-order valence-electron chi connectivity index (χ1n) is 5.77. The molecule has 1 saturated heterocycles. The molecule has 1 N–H and O–H groups in total. The Labute approximate surface area is 108 Å². The fourth-order valence-electron chi connectivity index (χ4n) is 1.79. The minimum atomic E-state index is -4.42. The number of hydrogen-bond donors (Lipinski definition) is 1. The fourth-order valence-corrected chi connectivity index (χ4v) is 2.99. The van der Waals surface area contributed by atoms with Gasteiger partial charge in [-0.25, -0.2) is 9.97 Å². The van der Waals surface area contributed by atoms with Gasteiger partial charge in [0.2, 0.25) is 5.95 Å². The van der Waals surface area contributed by atoms with Crippen LogP contribution in [0.25, 0.3) is 0 Å². The van der Waals surface area contributed by atoms with Crippen LogP contribution in [0, 0.1) is 5.92 Å². The van der Waals surface area contributed by atoms with E-state index >= 15 is 0 Å². The monoisotopic (exact) mass is 277 g/mol. The molecule has 7 heteroatoms. The summed E-state index contributed by atoms with van der Waals surface area (Å²) in [5, 5.41) is 2.90. The van der Waals surface area contributed by atoms with Gasteiger partial charge in [0.05, 0.1) is 0 Å². The summed E-state index contributed by atoms with van der Waals surface area (Å²) in [6.45, 7) is 0.641. The highest BCUT2D eigenvalue weighted by Crippen LogP contribution is 2.28. The Bertz CT molecular complexity index is 391. The lowest BCUT2D eigenvalue weighted by Crippen LogP contribution is -2.20. The number of aromatic nitrogens is 2. The lowest BCUT2D eigenvalue weighted by Gasteiger charge is -2.21. The van der Waals surface area contributed by atoms with Gasteiger partial charge in [-0.15, -0.1) is 0 Å². The Balaban J connectivity index is 1.92. The number of hydrogen-bond acceptors (Lipinski definition) is 4. The van der Waals surface area contributed by atoms with Crippen LogP contribution in [0.5, 0.6) is 0 Å². The van der Waals surface area contributed by atoms with Gasteiger partial charge in [-0.3, -0.25) is 0 Å². The van der Waals surface area contributed by atoms with Crippen molar-refractivity contribution in [2.75, 3.05) is 23.4 Å². The van der Waals surface area contributed by atoms with Crippen molar-refractivity contribution in [1.82, 2.24) is 9.97 Å². The van der Waals surface area contributed by atoms with E-state index < -0.39 is 11.9 Å². The van der Waals surface area contributed by atoms with E-state index in [1.165, 1.54) is 0 Å². The van der Waals surface area contributed by atoms with Gasteiger partial charge in [0.25, 0.3) is 0 Å². The maximum absolute atomic E-state index is 12.4. The molecule has 0 aromatic carbocycles. The van der Waals surface area contributed by atoms with Crippen LogP contribution < -0.4 is 5.32 Å². The third kappa shape index (κ3) is 3.76. The van der Waals surface area contributed by atoms with Crippen LogP contribution >= 0.6 is 11.8 Å². The summed E-state index contributed by atoms with van der Waals surface area (Å²) in [5.74, 6) is 2.80. The molecule has 100 valence electrons. The lowest BCUT2D eigenvalue weighted by molar-refractivity contribution is -0.141. The molecule has 1 aliphatic heterocycles. The summed E-state index contributed by atoms with van der Waals surface area (Å²) >= 11 is 1.92. The summed E-state index contributed by atoms with van der Waals surface area (Å²) in [5.41, 5.74) is -0.904. The molecule has 0 unspecified atom stereocenters. The molecule has 0 amide bonds. The van der Waals surface area contributed by atoms with Gasteiger partial charge >= 0.3 is 6.18 Å². The Kier molecular flexibility index (Phi) is 4.31. The minimum Gasteiger partial charge on any atom is -0.354 e. The van der Waals surface area contributed by atoms with Crippen LogP contribution in [0.4, 0.5) is 19.1 Å². The zero-order chi connectivity index (χ0) is 13.0. The molecule has 18 heavy (non-hydrogen) atoms. The highest BCUT2D eigenvalue weighted by atomic mass is 32.2. The van der Waals surface area contributed by atoms with E-state index in [1.807, 2.05) is 11.8 Å². The molecule has 1 aliphatic rings. The van der Waals surface area contributed by atoms with Gasteiger partial charge in [0.1, 0.15) is 5.69 Å². The molecule has 0 bridgehead atoms. The largest absolute Gasteiger partial charge is 0.433 e. The van der Waals surface area contributed by atoms with Crippen molar-refractivity contribution >= 4 is 17.7 Å². The van der Waals surface area contributed by atoms with Crippen LogP contribution in [0.15, 0.2) is 12.3 Å². The number of rotatable bonds is 3. The van der Waals surface area contributed by atoms with Crippen LogP contribution in [-0.2, 0) is 6.18 Å². The van der Waals surface area contributed by atoms with E-state index in [4.69, 9.17) is 0 Å². The van der Waals surface area contributed by atoms with Gasteiger partial charge in [-0.1, -0.05) is 0 Å². The Hall–Kier alpha value is -0.980. The summed E-state index contributed by atoms with van der Waals surface area (Å²) in [4.78, 5) is 7.29. The highest BCUT2D eigenvalue weighted by Gasteiger charge is 2.32. The number of halogens is 3. The number of anilines is 1. The van der Waals surface area contributed by atoms with Gasteiger partial charge < -0.3 is 5.32 Å². The lowest BCUT2D eigenvalue weighted by atomic mass is 10.0. The highest BCUT2D eigenvalue weighted by molar-refractivity contribution is 7.99. The molecular formula is C11H14F3N3S. The van der Waals surface area contributed by atoms with E-state index in [2.05, 4.69) is 15.3 Å². The van der Waals surface area contributed by atoms with E-state index in [0.717, 1.165) is 36.6 Å². The van der Waals surface area contributed by atoms with Crippen molar-refractivity contribution in [3.05, 3.63) is 18.0 Å². The standard InChI is InChI=1S/C11H14F3N3S/c12-11(13,14)9-1-4-15-10(17-9)16-7-8-2-5-18-6-3-8/h1,4,8H,2-3,5-7H2,(H,15,16,17). The first-order valence-corrected chi connectivity index (χ1v) is 6.93. The number of nitrogens with zero attached hydrogens (tertiary/aromatic N) is 2. The maximum atomic E-state index is 12.4. The Morgan fingerprint density at radius 1 is 1.33 bits per heavy atom. The van der Waals surface area contributed by atoms with Crippen molar-refractivity contribution in [3.63, 3.8) is 0 Å². The van der Waals surface area contributed by atoms with Crippen molar-refractivity contribution < 1.29 is 13.2 Å². The molecule has 0 aliphatic carbocycles. The summed E-state index contributed by atoms with van der Waals surface area (Å²) < 4.78 is 37.3. The molecule has 2 rings (SSSR count). The van der Waals surface area contributed by atoms with Crippen LogP contribution in [0.2, 0.25) is 0 Å². The first-order chi connectivity index (χ1) is 8.55.